The first-order valence-electron chi connectivity index (χ1n) is 7.56. The quantitative estimate of drug-likeness (QED) is 0.472. The Morgan fingerprint density at radius 3 is 2.56 bits per heavy atom. The molecule has 0 saturated carbocycles. The number of rotatable bonds is 5. The lowest BCUT2D eigenvalue weighted by Gasteiger charge is -2.07. The molecule has 0 bridgehead atoms. The zero-order valence-electron chi connectivity index (χ0n) is 13.5. The molecule has 0 aliphatic heterocycles. The van der Waals surface area contributed by atoms with Gasteiger partial charge in [-0.3, -0.25) is 10.1 Å². The Hall–Kier alpha value is -1.93. The molecule has 9 heteroatoms. The number of nitrogens with zero attached hydrogens (tertiary/aromatic N) is 1. The number of anilines is 1. The van der Waals surface area contributed by atoms with Crippen LogP contribution < -0.4 is 5.32 Å². The average Bonchev–Trinajstić information content (AvgIpc) is 3.08. The SMILES string of the molecule is O=C(COC(=O)c1c(Cl)cccc1Cl)Nc1nc(-c2cccc(Br)c2)cs1. The van der Waals surface area contributed by atoms with E-state index >= 15 is 0 Å². The third-order valence-electron chi connectivity index (χ3n) is 3.37. The van der Waals surface area contributed by atoms with Crippen LogP contribution in [0, 0.1) is 0 Å². The number of hydrogen-bond acceptors (Lipinski definition) is 5. The topological polar surface area (TPSA) is 68.3 Å². The summed E-state index contributed by atoms with van der Waals surface area (Å²) in [5.41, 5.74) is 1.68. The number of nitrogens with one attached hydrogen (secondary N) is 1. The maximum Gasteiger partial charge on any atom is 0.341 e. The minimum Gasteiger partial charge on any atom is -0.452 e. The number of amides is 1. The van der Waals surface area contributed by atoms with E-state index in [9.17, 15) is 9.59 Å². The van der Waals surface area contributed by atoms with Gasteiger partial charge in [-0.2, -0.15) is 0 Å². The molecule has 1 N–H and O–H groups in total. The Labute approximate surface area is 177 Å². The summed E-state index contributed by atoms with van der Waals surface area (Å²) >= 11 is 16.6. The van der Waals surface area contributed by atoms with E-state index < -0.39 is 18.5 Å². The Bertz CT molecular complexity index is 990. The smallest absolute Gasteiger partial charge is 0.341 e. The van der Waals surface area contributed by atoms with Crippen molar-refractivity contribution >= 4 is 67.5 Å². The fraction of sp³-hybridized carbons (Fsp3) is 0.0556. The maximum absolute atomic E-state index is 12.1. The molecule has 27 heavy (non-hydrogen) atoms. The van der Waals surface area contributed by atoms with Crippen LogP contribution in [0.5, 0.6) is 0 Å². The van der Waals surface area contributed by atoms with Crippen LogP contribution in [-0.4, -0.2) is 23.5 Å². The van der Waals surface area contributed by atoms with Gasteiger partial charge >= 0.3 is 5.97 Å². The summed E-state index contributed by atoms with van der Waals surface area (Å²) in [6.07, 6.45) is 0. The van der Waals surface area contributed by atoms with E-state index in [1.807, 2.05) is 29.6 Å². The first kappa shape index (κ1) is 19.8. The molecule has 1 heterocycles. The summed E-state index contributed by atoms with van der Waals surface area (Å²) in [5, 5.41) is 5.14. The van der Waals surface area contributed by atoms with Gasteiger partial charge in [0.05, 0.1) is 21.3 Å². The highest BCUT2D eigenvalue weighted by Gasteiger charge is 2.17. The van der Waals surface area contributed by atoms with E-state index in [0.717, 1.165) is 15.7 Å². The first-order chi connectivity index (χ1) is 12.9. The molecule has 1 amide bonds. The molecule has 2 aromatic carbocycles. The second kappa shape index (κ2) is 8.84. The number of carbonyl (C=O) groups is 2. The minimum atomic E-state index is -0.769. The average molecular weight is 486 g/mol. The number of carbonyl (C=O) groups excluding carboxylic acids is 2. The van der Waals surface area contributed by atoms with Crippen LogP contribution in [0.2, 0.25) is 10.0 Å². The number of aromatic nitrogens is 1. The predicted molar refractivity (Wildman–Crippen MR) is 111 cm³/mol. The molecule has 1 aromatic heterocycles. The molecule has 0 fully saturated rings. The second-order valence-electron chi connectivity index (χ2n) is 5.27. The normalized spacial score (nSPS) is 10.5. The number of benzene rings is 2. The molecular formula is C18H11BrCl2N2O3S. The van der Waals surface area contributed by atoms with Gasteiger partial charge in [0.25, 0.3) is 5.91 Å². The molecule has 3 rings (SSSR count). The summed E-state index contributed by atoms with van der Waals surface area (Å²) in [7, 11) is 0. The monoisotopic (exact) mass is 484 g/mol. The fourth-order valence-electron chi connectivity index (χ4n) is 2.16. The van der Waals surface area contributed by atoms with E-state index in [-0.39, 0.29) is 15.6 Å². The highest BCUT2D eigenvalue weighted by molar-refractivity contribution is 9.10. The van der Waals surface area contributed by atoms with Crippen LogP contribution in [0.3, 0.4) is 0 Å². The molecule has 0 saturated heterocycles. The number of esters is 1. The first-order valence-corrected chi connectivity index (χ1v) is 9.99. The van der Waals surface area contributed by atoms with E-state index in [1.165, 1.54) is 23.5 Å². The number of halogens is 3. The Kier molecular flexibility index (Phi) is 6.49. The zero-order chi connectivity index (χ0) is 19.4. The molecule has 5 nitrogen and oxygen atoms in total. The molecular weight excluding hydrogens is 475 g/mol. The molecule has 0 aliphatic rings. The molecule has 0 radical (unpaired) electrons. The summed E-state index contributed by atoms with van der Waals surface area (Å²) in [5.74, 6) is -1.28. The molecule has 0 spiro atoms. The van der Waals surface area contributed by atoms with Crippen molar-refractivity contribution in [3.05, 3.63) is 67.9 Å². The predicted octanol–water partition coefficient (Wildman–Crippen LogP) is 5.67. The van der Waals surface area contributed by atoms with E-state index in [1.54, 1.807) is 6.07 Å². The third-order valence-corrected chi connectivity index (χ3v) is 5.25. The van der Waals surface area contributed by atoms with Crippen molar-refractivity contribution in [1.82, 2.24) is 4.98 Å². The summed E-state index contributed by atoms with van der Waals surface area (Å²) in [4.78, 5) is 28.5. The van der Waals surface area contributed by atoms with Crippen molar-refractivity contribution in [1.29, 1.82) is 0 Å². The van der Waals surface area contributed by atoms with Crippen molar-refractivity contribution < 1.29 is 14.3 Å². The van der Waals surface area contributed by atoms with Gasteiger partial charge in [-0.15, -0.1) is 11.3 Å². The van der Waals surface area contributed by atoms with Crippen LogP contribution in [-0.2, 0) is 9.53 Å². The molecule has 0 unspecified atom stereocenters. The molecule has 0 aliphatic carbocycles. The lowest BCUT2D eigenvalue weighted by Crippen LogP contribution is -2.21. The van der Waals surface area contributed by atoms with E-state index in [2.05, 4.69) is 26.2 Å². The Morgan fingerprint density at radius 1 is 1.15 bits per heavy atom. The number of thiazole rings is 1. The third kappa shape index (κ3) is 5.07. The van der Waals surface area contributed by atoms with Gasteiger partial charge < -0.3 is 4.74 Å². The summed E-state index contributed by atoms with van der Waals surface area (Å²) < 4.78 is 5.92. The highest BCUT2D eigenvalue weighted by Crippen LogP contribution is 2.27. The zero-order valence-corrected chi connectivity index (χ0v) is 17.5. The van der Waals surface area contributed by atoms with Gasteiger partial charge in [0.15, 0.2) is 11.7 Å². The van der Waals surface area contributed by atoms with Gasteiger partial charge in [-0.05, 0) is 24.3 Å². The van der Waals surface area contributed by atoms with Gasteiger partial charge in [0, 0.05) is 15.4 Å². The van der Waals surface area contributed by atoms with E-state index in [0.29, 0.717) is 5.13 Å². The molecule has 138 valence electrons. The molecule has 3 aromatic rings. The van der Waals surface area contributed by atoms with Gasteiger partial charge in [0.2, 0.25) is 0 Å². The Balaban J connectivity index is 1.59. The van der Waals surface area contributed by atoms with Crippen LogP contribution >= 0.6 is 50.5 Å². The maximum atomic E-state index is 12.1. The summed E-state index contributed by atoms with van der Waals surface area (Å²) in [6, 6.07) is 12.3. The standard InChI is InChI=1S/C18H11BrCl2N2O3S/c19-11-4-1-3-10(7-11)14-9-27-18(22-14)23-15(24)8-26-17(25)16-12(20)5-2-6-13(16)21/h1-7,9H,8H2,(H,22,23,24). The molecule has 0 atom stereocenters. The van der Waals surface area contributed by atoms with Gasteiger partial charge in [0.1, 0.15) is 0 Å². The second-order valence-corrected chi connectivity index (χ2v) is 7.86. The lowest BCUT2D eigenvalue weighted by molar-refractivity contribution is -0.119. The number of ether oxygens (including phenoxy) is 1. The largest absolute Gasteiger partial charge is 0.452 e. The minimum absolute atomic E-state index is 0.0276. The van der Waals surface area contributed by atoms with Crippen LogP contribution in [0.25, 0.3) is 11.3 Å². The summed E-state index contributed by atoms with van der Waals surface area (Å²) in [6.45, 7) is -0.480. The van der Waals surface area contributed by atoms with Gasteiger partial charge in [-0.25, -0.2) is 9.78 Å². The van der Waals surface area contributed by atoms with E-state index in [4.69, 9.17) is 27.9 Å². The number of hydrogen-bond donors (Lipinski definition) is 1. The van der Waals surface area contributed by atoms with Crippen LogP contribution in [0.4, 0.5) is 5.13 Å². The van der Waals surface area contributed by atoms with Crippen molar-refractivity contribution in [2.45, 2.75) is 0 Å². The van der Waals surface area contributed by atoms with Crippen molar-refractivity contribution in [3.63, 3.8) is 0 Å². The van der Waals surface area contributed by atoms with Crippen LogP contribution in [0.1, 0.15) is 10.4 Å². The van der Waals surface area contributed by atoms with Crippen molar-refractivity contribution in [2.75, 3.05) is 11.9 Å². The highest BCUT2D eigenvalue weighted by atomic mass is 79.9. The Morgan fingerprint density at radius 2 is 1.85 bits per heavy atom. The van der Waals surface area contributed by atoms with Crippen molar-refractivity contribution in [3.8, 4) is 11.3 Å². The van der Waals surface area contributed by atoms with Crippen molar-refractivity contribution in [2.24, 2.45) is 0 Å². The lowest BCUT2D eigenvalue weighted by atomic mass is 10.2. The van der Waals surface area contributed by atoms with Crippen LogP contribution in [0.15, 0.2) is 52.3 Å². The van der Waals surface area contributed by atoms with Gasteiger partial charge in [-0.1, -0.05) is 57.3 Å². The fourth-order valence-corrected chi connectivity index (χ4v) is 3.85.